The number of aromatic nitrogens is 2. The van der Waals surface area contributed by atoms with Crippen LogP contribution < -0.4 is 10.2 Å². The topological polar surface area (TPSA) is 96.8 Å². The molecule has 2 N–H and O–H groups in total. The second kappa shape index (κ2) is 6.89. The molecular weight excluding hydrogens is 288 g/mol. The van der Waals surface area contributed by atoms with Gasteiger partial charge in [0.05, 0.1) is 13.2 Å². The van der Waals surface area contributed by atoms with Crippen LogP contribution in [0, 0.1) is 0 Å². The average molecular weight is 308 g/mol. The van der Waals surface area contributed by atoms with Gasteiger partial charge in [0.15, 0.2) is 0 Å². The minimum Gasteiger partial charge on any atom is -0.477 e. The van der Waals surface area contributed by atoms with Gasteiger partial charge in [-0.2, -0.15) is 4.98 Å². The molecule has 2 fully saturated rings. The summed E-state index contributed by atoms with van der Waals surface area (Å²) in [6.07, 6.45) is 3.06. The van der Waals surface area contributed by atoms with E-state index in [0.29, 0.717) is 51.3 Å². The van der Waals surface area contributed by atoms with Crippen molar-refractivity contribution in [2.45, 2.75) is 18.9 Å². The monoisotopic (exact) mass is 308 g/mol. The first-order chi connectivity index (χ1) is 10.7. The molecule has 2 saturated heterocycles. The fourth-order valence-corrected chi connectivity index (χ4v) is 2.59. The molecule has 120 valence electrons. The number of hydrogen-bond donors (Lipinski definition) is 2. The minimum atomic E-state index is -1.02. The van der Waals surface area contributed by atoms with Crippen LogP contribution in [0.15, 0.2) is 6.20 Å². The lowest BCUT2D eigenvalue weighted by Gasteiger charge is -2.28. The highest BCUT2D eigenvalue weighted by molar-refractivity contribution is 5.93. The molecule has 3 heterocycles. The van der Waals surface area contributed by atoms with Crippen molar-refractivity contribution in [1.82, 2.24) is 9.97 Å². The van der Waals surface area contributed by atoms with Gasteiger partial charge in [-0.25, -0.2) is 9.78 Å². The third-order valence-corrected chi connectivity index (χ3v) is 3.86. The number of hydrogen-bond acceptors (Lipinski definition) is 7. The zero-order valence-corrected chi connectivity index (χ0v) is 12.3. The van der Waals surface area contributed by atoms with Gasteiger partial charge in [0.25, 0.3) is 0 Å². The van der Waals surface area contributed by atoms with Crippen LogP contribution in [0.4, 0.5) is 11.8 Å². The third kappa shape index (κ3) is 3.45. The number of morpholine rings is 1. The normalized spacial score (nSPS) is 19.9. The summed E-state index contributed by atoms with van der Waals surface area (Å²) in [6, 6.07) is 0.180. The molecule has 2 aliphatic heterocycles. The fourth-order valence-electron chi connectivity index (χ4n) is 2.59. The van der Waals surface area contributed by atoms with Gasteiger partial charge >= 0.3 is 5.97 Å². The highest BCUT2D eigenvalue weighted by Gasteiger charge is 2.21. The number of carbonyl (C=O) groups is 1. The molecule has 3 rings (SSSR count). The molecule has 0 aliphatic carbocycles. The number of nitrogens with one attached hydrogen (secondary N) is 1. The number of rotatable bonds is 4. The van der Waals surface area contributed by atoms with E-state index in [1.54, 1.807) is 0 Å². The molecule has 0 aromatic carbocycles. The van der Waals surface area contributed by atoms with E-state index in [1.165, 1.54) is 6.20 Å². The molecule has 8 heteroatoms. The maximum atomic E-state index is 11.4. The molecule has 2 aliphatic rings. The van der Waals surface area contributed by atoms with Crippen molar-refractivity contribution in [2.24, 2.45) is 0 Å². The molecule has 1 aromatic rings. The quantitative estimate of drug-likeness (QED) is 0.835. The van der Waals surface area contributed by atoms with Crippen LogP contribution >= 0.6 is 0 Å². The first-order valence-corrected chi connectivity index (χ1v) is 7.51. The van der Waals surface area contributed by atoms with Crippen LogP contribution in [0.25, 0.3) is 0 Å². The fraction of sp³-hybridized carbons (Fsp3) is 0.643. The van der Waals surface area contributed by atoms with Gasteiger partial charge in [-0.1, -0.05) is 0 Å². The van der Waals surface area contributed by atoms with Crippen molar-refractivity contribution in [2.75, 3.05) is 49.7 Å². The zero-order valence-electron chi connectivity index (χ0n) is 12.3. The summed E-state index contributed by atoms with van der Waals surface area (Å²) >= 11 is 0. The standard InChI is InChI=1S/C14H20N4O4/c19-13(20)11-9-15-14(18-3-7-22-8-4-18)17-12(11)16-10-1-5-21-6-2-10/h9-10H,1-8H2,(H,19,20)(H,15,16,17). The second-order valence-corrected chi connectivity index (χ2v) is 5.37. The van der Waals surface area contributed by atoms with Crippen molar-refractivity contribution in [1.29, 1.82) is 0 Å². The Labute approximate surface area is 128 Å². The number of carboxylic acid groups (broad SMARTS) is 1. The summed E-state index contributed by atoms with van der Waals surface area (Å²) in [4.78, 5) is 22.0. The summed E-state index contributed by atoms with van der Waals surface area (Å²) in [5, 5.41) is 12.6. The molecule has 0 radical (unpaired) electrons. The highest BCUT2D eigenvalue weighted by Crippen LogP contribution is 2.20. The Hall–Kier alpha value is -1.93. The van der Waals surface area contributed by atoms with E-state index in [1.807, 2.05) is 4.90 Å². The molecule has 22 heavy (non-hydrogen) atoms. The van der Waals surface area contributed by atoms with Gasteiger partial charge in [-0.05, 0) is 12.8 Å². The number of nitrogens with zero attached hydrogens (tertiary/aromatic N) is 3. The predicted molar refractivity (Wildman–Crippen MR) is 79.5 cm³/mol. The zero-order chi connectivity index (χ0) is 15.4. The maximum Gasteiger partial charge on any atom is 0.341 e. The van der Waals surface area contributed by atoms with Gasteiger partial charge in [0.1, 0.15) is 11.4 Å². The SMILES string of the molecule is O=C(O)c1cnc(N2CCOCC2)nc1NC1CCOCC1. The predicted octanol–water partition coefficient (Wildman–Crippen LogP) is 0.602. The summed E-state index contributed by atoms with van der Waals surface area (Å²) in [6.45, 7) is 4.05. The second-order valence-electron chi connectivity index (χ2n) is 5.37. The Morgan fingerprint density at radius 1 is 1.23 bits per heavy atom. The molecule has 0 saturated carbocycles. The Bertz CT molecular complexity index is 528. The maximum absolute atomic E-state index is 11.4. The lowest BCUT2D eigenvalue weighted by atomic mass is 10.1. The molecule has 0 amide bonds. The lowest BCUT2D eigenvalue weighted by Crippen LogP contribution is -2.37. The molecule has 1 aromatic heterocycles. The van der Waals surface area contributed by atoms with Crippen LogP contribution in [-0.4, -0.2) is 66.6 Å². The number of carboxylic acids is 1. The smallest absolute Gasteiger partial charge is 0.341 e. The molecule has 0 atom stereocenters. The number of ether oxygens (including phenoxy) is 2. The molecular formula is C14H20N4O4. The van der Waals surface area contributed by atoms with Crippen LogP contribution in [0.3, 0.4) is 0 Å². The van der Waals surface area contributed by atoms with Gasteiger partial charge in [-0.15, -0.1) is 0 Å². The molecule has 8 nitrogen and oxygen atoms in total. The minimum absolute atomic E-state index is 0.100. The van der Waals surface area contributed by atoms with E-state index < -0.39 is 5.97 Å². The Morgan fingerprint density at radius 2 is 1.91 bits per heavy atom. The van der Waals surface area contributed by atoms with E-state index in [2.05, 4.69) is 15.3 Å². The third-order valence-electron chi connectivity index (χ3n) is 3.86. The van der Waals surface area contributed by atoms with E-state index in [0.717, 1.165) is 12.8 Å². The van der Waals surface area contributed by atoms with Crippen molar-refractivity contribution >= 4 is 17.7 Å². The number of anilines is 2. The van der Waals surface area contributed by atoms with E-state index in [-0.39, 0.29) is 11.6 Å². The van der Waals surface area contributed by atoms with Crippen molar-refractivity contribution in [3.63, 3.8) is 0 Å². The molecule has 0 spiro atoms. The summed E-state index contributed by atoms with van der Waals surface area (Å²) < 4.78 is 10.6. The van der Waals surface area contributed by atoms with Gasteiger partial charge in [0, 0.05) is 38.5 Å². The van der Waals surface area contributed by atoms with Gasteiger partial charge in [-0.3, -0.25) is 0 Å². The van der Waals surface area contributed by atoms with Crippen molar-refractivity contribution < 1.29 is 19.4 Å². The van der Waals surface area contributed by atoms with E-state index in [4.69, 9.17) is 9.47 Å². The first-order valence-electron chi connectivity index (χ1n) is 7.51. The van der Waals surface area contributed by atoms with Crippen molar-refractivity contribution in [3.8, 4) is 0 Å². The summed E-state index contributed by atoms with van der Waals surface area (Å²) in [5.74, 6) is -0.0955. The highest BCUT2D eigenvalue weighted by atomic mass is 16.5. The molecule has 0 bridgehead atoms. The Morgan fingerprint density at radius 3 is 2.59 bits per heavy atom. The summed E-state index contributed by atoms with van der Waals surface area (Å²) in [7, 11) is 0. The molecule has 0 unspecified atom stereocenters. The van der Waals surface area contributed by atoms with Crippen molar-refractivity contribution in [3.05, 3.63) is 11.8 Å². The van der Waals surface area contributed by atoms with Gasteiger partial charge < -0.3 is 24.8 Å². The van der Waals surface area contributed by atoms with Crippen LogP contribution in [-0.2, 0) is 9.47 Å². The van der Waals surface area contributed by atoms with E-state index >= 15 is 0 Å². The lowest BCUT2D eigenvalue weighted by molar-refractivity contribution is 0.0696. The average Bonchev–Trinajstić information content (AvgIpc) is 2.56. The Kier molecular flexibility index (Phi) is 4.69. The summed E-state index contributed by atoms with van der Waals surface area (Å²) in [5.41, 5.74) is 0.100. The van der Waals surface area contributed by atoms with E-state index in [9.17, 15) is 9.90 Å². The van der Waals surface area contributed by atoms with Crippen LogP contribution in [0.2, 0.25) is 0 Å². The van der Waals surface area contributed by atoms with Gasteiger partial charge in [0.2, 0.25) is 5.95 Å². The first kappa shape index (κ1) is 15.0. The van der Waals surface area contributed by atoms with Crippen LogP contribution in [0.5, 0.6) is 0 Å². The van der Waals surface area contributed by atoms with Crippen LogP contribution in [0.1, 0.15) is 23.2 Å². The largest absolute Gasteiger partial charge is 0.477 e. The number of aromatic carboxylic acids is 1. The Balaban J connectivity index is 1.81.